The molecule has 0 bridgehead atoms. The quantitative estimate of drug-likeness (QED) is 0.858. The average molecular weight is 319 g/mol. The number of rotatable bonds is 5. The van der Waals surface area contributed by atoms with Gasteiger partial charge in [-0.2, -0.15) is 0 Å². The van der Waals surface area contributed by atoms with Crippen LogP contribution in [0.15, 0.2) is 24.5 Å². The fourth-order valence-corrected chi connectivity index (χ4v) is 3.22. The minimum atomic E-state index is -0.250. The Balaban J connectivity index is 0.000000545. The van der Waals surface area contributed by atoms with Crippen molar-refractivity contribution < 1.29 is 9.90 Å². The first kappa shape index (κ1) is 16.6. The number of aryl methyl sites for hydroxylation is 2. The van der Waals surface area contributed by atoms with Crippen molar-refractivity contribution >= 4 is 17.8 Å². The second-order valence-electron chi connectivity index (χ2n) is 5.35. The fourth-order valence-electron chi connectivity index (χ4n) is 2.26. The van der Waals surface area contributed by atoms with Crippen molar-refractivity contribution in [1.29, 1.82) is 0 Å². The molecule has 6 heteroatoms. The van der Waals surface area contributed by atoms with Crippen LogP contribution in [0.1, 0.15) is 34.0 Å². The van der Waals surface area contributed by atoms with Crippen LogP contribution in [0.5, 0.6) is 0 Å². The molecule has 2 heterocycles. The van der Waals surface area contributed by atoms with E-state index in [0.717, 1.165) is 19.1 Å². The zero-order valence-corrected chi connectivity index (χ0v) is 13.7. The molecule has 1 saturated carbocycles. The first-order chi connectivity index (χ1) is 10.6. The third-order valence-corrected chi connectivity index (χ3v) is 4.67. The van der Waals surface area contributed by atoms with Crippen molar-refractivity contribution in [3.05, 3.63) is 45.7 Å². The smallest absolute Gasteiger partial charge is 0.290 e. The zero-order valence-electron chi connectivity index (χ0n) is 12.9. The van der Waals surface area contributed by atoms with E-state index in [1.165, 1.54) is 34.0 Å². The van der Waals surface area contributed by atoms with E-state index in [-0.39, 0.29) is 6.47 Å². The molecule has 5 nitrogen and oxygen atoms in total. The Labute approximate surface area is 134 Å². The van der Waals surface area contributed by atoms with Gasteiger partial charge in [-0.05, 0) is 44.4 Å². The summed E-state index contributed by atoms with van der Waals surface area (Å²) in [7, 11) is 0. The van der Waals surface area contributed by atoms with E-state index >= 15 is 0 Å². The SMILES string of the molecule is Cc1nc(CN(Cc2ccncc2)C2CC2)sc1C.O=CO. The maximum Gasteiger partial charge on any atom is 0.290 e. The number of pyridine rings is 1. The first-order valence-corrected chi connectivity index (χ1v) is 8.09. The molecule has 22 heavy (non-hydrogen) atoms. The van der Waals surface area contributed by atoms with Crippen molar-refractivity contribution in [3.8, 4) is 0 Å². The summed E-state index contributed by atoms with van der Waals surface area (Å²) in [6.07, 6.45) is 6.40. The predicted octanol–water partition coefficient (Wildman–Crippen LogP) is 3.02. The molecular formula is C16H21N3O2S. The van der Waals surface area contributed by atoms with Gasteiger partial charge in [0.25, 0.3) is 6.47 Å². The molecule has 1 N–H and O–H groups in total. The fraction of sp³-hybridized carbons (Fsp3) is 0.438. The minimum absolute atomic E-state index is 0.250. The van der Waals surface area contributed by atoms with Gasteiger partial charge in [-0.25, -0.2) is 4.98 Å². The van der Waals surface area contributed by atoms with Crippen molar-refractivity contribution in [2.24, 2.45) is 0 Å². The maximum absolute atomic E-state index is 8.36. The van der Waals surface area contributed by atoms with E-state index in [1.807, 2.05) is 23.7 Å². The molecule has 0 unspecified atom stereocenters. The Morgan fingerprint density at radius 2 is 1.95 bits per heavy atom. The van der Waals surface area contributed by atoms with Crippen molar-refractivity contribution in [2.75, 3.05) is 0 Å². The highest BCUT2D eigenvalue weighted by Gasteiger charge is 2.29. The van der Waals surface area contributed by atoms with E-state index in [9.17, 15) is 0 Å². The summed E-state index contributed by atoms with van der Waals surface area (Å²) in [5, 5.41) is 8.14. The molecule has 2 aromatic rings. The van der Waals surface area contributed by atoms with Crippen LogP contribution in [0.2, 0.25) is 0 Å². The molecule has 0 saturated heterocycles. The minimum Gasteiger partial charge on any atom is -0.483 e. The number of carbonyl (C=O) groups is 1. The molecule has 0 atom stereocenters. The van der Waals surface area contributed by atoms with E-state index < -0.39 is 0 Å². The molecule has 2 aromatic heterocycles. The van der Waals surface area contributed by atoms with Crippen LogP contribution in [0.3, 0.4) is 0 Å². The summed E-state index contributed by atoms with van der Waals surface area (Å²) in [5.74, 6) is 0. The second-order valence-corrected chi connectivity index (χ2v) is 6.63. The number of aromatic nitrogens is 2. The van der Waals surface area contributed by atoms with Gasteiger partial charge in [0, 0.05) is 29.9 Å². The summed E-state index contributed by atoms with van der Waals surface area (Å²) in [6, 6.07) is 4.96. The Morgan fingerprint density at radius 3 is 2.45 bits per heavy atom. The van der Waals surface area contributed by atoms with Gasteiger partial charge in [0.15, 0.2) is 0 Å². The van der Waals surface area contributed by atoms with Crippen molar-refractivity contribution in [1.82, 2.24) is 14.9 Å². The molecule has 0 aromatic carbocycles. The number of thiazole rings is 1. The second kappa shape index (κ2) is 8.00. The molecule has 0 spiro atoms. The summed E-state index contributed by atoms with van der Waals surface area (Å²) < 4.78 is 0. The molecule has 1 aliphatic rings. The molecular weight excluding hydrogens is 298 g/mol. The first-order valence-electron chi connectivity index (χ1n) is 7.27. The van der Waals surface area contributed by atoms with Gasteiger partial charge in [-0.1, -0.05) is 0 Å². The summed E-state index contributed by atoms with van der Waals surface area (Å²) >= 11 is 1.83. The van der Waals surface area contributed by atoms with Gasteiger partial charge in [0.05, 0.1) is 12.2 Å². The predicted molar refractivity (Wildman–Crippen MR) is 86.8 cm³/mol. The van der Waals surface area contributed by atoms with Gasteiger partial charge in [-0.15, -0.1) is 11.3 Å². The number of carboxylic acid groups (broad SMARTS) is 1. The van der Waals surface area contributed by atoms with E-state index in [0.29, 0.717) is 0 Å². The van der Waals surface area contributed by atoms with E-state index in [4.69, 9.17) is 9.90 Å². The monoisotopic (exact) mass is 319 g/mol. The largest absolute Gasteiger partial charge is 0.483 e. The van der Waals surface area contributed by atoms with Crippen LogP contribution < -0.4 is 0 Å². The molecule has 0 amide bonds. The number of nitrogens with zero attached hydrogens (tertiary/aromatic N) is 3. The third-order valence-electron chi connectivity index (χ3n) is 3.61. The van der Waals surface area contributed by atoms with Gasteiger partial charge in [-0.3, -0.25) is 14.7 Å². The highest BCUT2D eigenvalue weighted by molar-refractivity contribution is 7.11. The summed E-state index contributed by atoms with van der Waals surface area (Å²) in [6.45, 7) is 5.98. The topological polar surface area (TPSA) is 66.3 Å². The number of hydrogen-bond donors (Lipinski definition) is 1. The van der Waals surface area contributed by atoms with Crippen LogP contribution >= 0.6 is 11.3 Å². The van der Waals surface area contributed by atoms with Gasteiger partial charge < -0.3 is 5.11 Å². The molecule has 3 rings (SSSR count). The normalized spacial score (nSPS) is 13.6. The zero-order chi connectivity index (χ0) is 15.9. The standard InChI is InChI=1S/C15H19N3S.CH2O2/c1-11-12(2)19-15(17-11)10-18(14-3-4-14)9-13-5-7-16-8-6-13;2-1-3/h5-8,14H,3-4,9-10H2,1-2H3;1H,(H,2,3). The Kier molecular flexibility index (Phi) is 6.03. The molecule has 1 fully saturated rings. The van der Waals surface area contributed by atoms with E-state index in [2.05, 4.69) is 40.8 Å². The van der Waals surface area contributed by atoms with Crippen LogP contribution in [-0.4, -0.2) is 32.5 Å². The highest BCUT2D eigenvalue weighted by atomic mass is 32.1. The highest BCUT2D eigenvalue weighted by Crippen LogP contribution is 2.30. The lowest BCUT2D eigenvalue weighted by molar-refractivity contribution is -0.122. The van der Waals surface area contributed by atoms with Crippen molar-refractivity contribution in [2.45, 2.75) is 45.8 Å². The molecule has 0 aliphatic heterocycles. The Hall–Kier alpha value is -1.79. The van der Waals surface area contributed by atoms with Crippen LogP contribution in [0.4, 0.5) is 0 Å². The van der Waals surface area contributed by atoms with Gasteiger partial charge >= 0.3 is 0 Å². The van der Waals surface area contributed by atoms with E-state index in [1.54, 1.807) is 0 Å². The summed E-state index contributed by atoms with van der Waals surface area (Å²) in [4.78, 5) is 21.0. The Bertz CT molecular complexity index is 577. The lowest BCUT2D eigenvalue weighted by Crippen LogP contribution is -2.25. The van der Waals surface area contributed by atoms with Crippen LogP contribution in [0.25, 0.3) is 0 Å². The Morgan fingerprint density at radius 1 is 1.32 bits per heavy atom. The molecule has 118 valence electrons. The molecule has 0 radical (unpaired) electrons. The molecule has 1 aliphatic carbocycles. The average Bonchev–Trinajstić information content (AvgIpc) is 3.28. The van der Waals surface area contributed by atoms with Gasteiger partial charge in [0.1, 0.15) is 5.01 Å². The third kappa shape index (κ3) is 4.89. The summed E-state index contributed by atoms with van der Waals surface area (Å²) in [5.41, 5.74) is 2.52. The lowest BCUT2D eigenvalue weighted by atomic mass is 10.2. The van der Waals surface area contributed by atoms with Crippen molar-refractivity contribution in [3.63, 3.8) is 0 Å². The van der Waals surface area contributed by atoms with Crippen LogP contribution in [-0.2, 0) is 17.9 Å². The lowest BCUT2D eigenvalue weighted by Gasteiger charge is -2.20. The number of hydrogen-bond acceptors (Lipinski definition) is 5. The van der Waals surface area contributed by atoms with Crippen LogP contribution in [0, 0.1) is 13.8 Å². The van der Waals surface area contributed by atoms with Gasteiger partial charge in [0.2, 0.25) is 0 Å². The maximum atomic E-state index is 8.36.